The second kappa shape index (κ2) is 2.81. The number of rotatable bonds is 0. The predicted octanol–water partition coefficient (Wildman–Crippen LogP) is -0.747. The summed E-state index contributed by atoms with van der Waals surface area (Å²) < 4.78 is 0. The average molecular weight is 179 g/mol. The van der Waals surface area contributed by atoms with Crippen LogP contribution in [0.1, 0.15) is 0 Å². The number of carbonyl (C=O) groups excluding carboxylic acids is 2. The van der Waals surface area contributed by atoms with Crippen LogP contribution in [0, 0.1) is 0 Å². The van der Waals surface area contributed by atoms with Crippen molar-refractivity contribution in [3.05, 3.63) is 24.4 Å². The van der Waals surface area contributed by atoms with E-state index in [0.717, 1.165) is 0 Å². The maximum absolute atomic E-state index is 11.3. The number of Topliss-reactive ketones (excluding diaryl/α,β-unsaturated/α-hetero) is 2. The molecular formula is C9H9NO3. The second-order valence-corrected chi connectivity index (χ2v) is 3.11. The zero-order valence-corrected chi connectivity index (χ0v) is 6.88. The summed E-state index contributed by atoms with van der Waals surface area (Å²) in [7, 11) is 0. The Morgan fingerprint density at radius 3 is 2.85 bits per heavy atom. The highest BCUT2D eigenvalue weighted by Crippen LogP contribution is 2.16. The van der Waals surface area contributed by atoms with Crippen molar-refractivity contribution < 1.29 is 14.7 Å². The van der Waals surface area contributed by atoms with Gasteiger partial charge in [0.2, 0.25) is 11.6 Å². The number of allylic oxidation sites excluding steroid dienone is 2. The minimum Gasteiger partial charge on any atom is -0.383 e. The standard InChI is InChI=1S/C9H9NO3/c11-7-5-10-4-2-1-3-6(10)8(12)9(7)13/h1-4,6-7,11H,5H2. The minimum absolute atomic E-state index is 0.204. The fraction of sp³-hybridized carbons (Fsp3) is 0.333. The first-order valence-electron chi connectivity index (χ1n) is 4.07. The van der Waals surface area contributed by atoms with Crippen LogP contribution in [0.3, 0.4) is 0 Å². The van der Waals surface area contributed by atoms with Gasteiger partial charge >= 0.3 is 0 Å². The minimum atomic E-state index is -1.17. The van der Waals surface area contributed by atoms with E-state index in [-0.39, 0.29) is 6.54 Å². The van der Waals surface area contributed by atoms with Crippen LogP contribution in [-0.2, 0) is 9.59 Å². The van der Waals surface area contributed by atoms with Gasteiger partial charge in [0, 0.05) is 6.20 Å². The molecule has 0 aliphatic carbocycles. The third-order valence-corrected chi connectivity index (χ3v) is 2.24. The highest BCUT2D eigenvalue weighted by atomic mass is 16.3. The molecule has 2 aliphatic rings. The topological polar surface area (TPSA) is 57.6 Å². The van der Waals surface area contributed by atoms with E-state index in [1.807, 2.05) is 0 Å². The number of nitrogens with zero attached hydrogens (tertiary/aromatic N) is 1. The van der Waals surface area contributed by atoms with Gasteiger partial charge in [0.05, 0.1) is 6.54 Å². The van der Waals surface area contributed by atoms with Crippen molar-refractivity contribution in [2.24, 2.45) is 0 Å². The highest BCUT2D eigenvalue weighted by Gasteiger charge is 2.38. The summed E-state index contributed by atoms with van der Waals surface area (Å²) in [4.78, 5) is 24.1. The molecule has 0 bridgehead atoms. The van der Waals surface area contributed by atoms with E-state index >= 15 is 0 Å². The van der Waals surface area contributed by atoms with E-state index in [2.05, 4.69) is 0 Å². The fourth-order valence-electron chi connectivity index (χ4n) is 1.54. The normalized spacial score (nSPS) is 32.2. The first-order valence-corrected chi connectivity index (χ1v) is 4.07. The van der Waals surface area contributed by atoms with E-state index in [9.17, 15) is 14.7 Å². The molecule has 2 heterocycles. The van der Waals surface area contributed by atoms with Crippen LogP contribution in [0.4, 0.5) is 0 Å². The number of hydrogen-bond acceptors (Lipinski definition) is 4. The zero-order valence-electron chi connectivity index (χ0n) is 6.88. The quantitative estimate of drug-likeness (QED) is 0.497. The SMILES string of the molecule is O=C1C(=O)C2C=CC=CN2CC1O. The summed E-state index contributed by atoms with van der Waals surface area (Å²) in [6.07, 6.45) is 5.70. The summed E-state index contributed by atoms with van der Waals surface area (Å²) in [6, 6.07) is -0.499. The van der Waals surface area contributed by atoms with Gasteiger partial charge in [-0.3, -0.25) is 9.59 Å². The van der Waals surface area contributed by atoms with E-state index < -0.39 is 23.7 Å². The van der Waals surface area contributed by atoms with Crippen molar-refractivity contribution in [3.8, 4) is 0 Å². The lowest BCUT2D eigenvalue weighted by Crippen LogP contribution is -2.54. The largest absolute Gasteiger partial charge is 0.383 e. The fourth-order valence-corrected chi connectivity index (χ4v) is 1.54. The van der Waals surface area contributed by atoms with Crippen molar-refractivity contribution in [1.29, 1.82) is 0 Å². The van der Waals surface area contributed by atoms with Crippen LogP contribution < -0.4 is 0 Å². The Kier molecular flexibility index (Phi) is 1.77. The van der Waals surface area contributed by atoms with Crippen molar-refractivity contribution >= 4 is 11.6 Å². The summed E-state index contributed by atoms with van der Waals surface area (Å²) in [5.74, 6) is -1.21. The van der Waals surface area contributed by atoms with Crippen LogP contribution in [0.15, 0.2) is 24.4 Å². The first kappa shape index (κ1) is 8.19. The number of piperidine rings is 1. The van der Waals surface area contributed by atoms with Gasteiger partial charge in [-0.25, -0.2) is 0 Å². The molecule has 0 aromatic rings. The smallest absolute Gasteiger partial charge is 0.231 e. The Morgan fingerprint density at radius 2 is 2.08 bits per heavy atom. The molecule has 1 fully saturated rings. The third-order valence-electron chi connectivity index (χ3n) is 2.24. The van der Waals surface area contributed by atoms with Gasteiger partial charge in [-0.2, -0.15) is 0 Å². The number of aliphatic hydroxyl groups is 1. The molecule has 4 nitrogen and oxygen atoms in total. The summed E-state index contributed by atoms with van der Waals surface area (Å²) >= 11 is 0. The molecule has 1 N–H and O–H groups in total. The van der Waals surface area contributed by atoms with Gasteiger partial charge in [-0.15, -0.1) is 0 Å². The number of hydrogen-bond donors (Lipinski definition) is 1. The molecule has 0 spiro atoms. The molecular weight excluding hydrogens is 170 g/mol. The van der Waals surface area contributed by atoms with Crippen LogP contribution >= 0.6 is 0 Å². The van der Waals surface area contributed by atoms with Crippen molar-refractivity contribution in [2.45, 2.75) is 12.1 Å². The molecule has 0 radical (unpaired) electrons. The number of carbonyl (C=O) groups is 2. The molecule has 2 unspecified atom stereocenters. The van der Waals surface area contributed by atoms with Gasteiger partial charge in [-0.1, -0.05) is 12.2 Å². The lowest BCUT2D eigenvalue weighted by molar-refractivity contribution is -0.147. The number of fused-ring (bicyclic) bond motifs is 1. The highest BCUT2D eigenvalue weighted by molar-refractivity contribution is 6.41. The molecule has 2 aliphatic heterocycles. The molecule has 0 aromatic heterocycles. The van der Waals surface area contributed by atoms with E-state index in [0.29, 0.717) is 0 Å². The van der Waals surface area contributed by atoms with Gasteiger partial charge in [0.25, 0.3) is 0 Å². The Balaban J connectivity index is 2.29. The monoisotopic (exact) mass is 179 g/mol. The molecule has 0 saturated carbocycles. The Hall–Kier alpha value is -1.42. The summed E-state index contributed by atoms with van der Waals surface area (Å²) in [5, 5.41) is 9.22. The van der Waals surface area contributed by atoms with Crippen LogP contribution in [0.5, 0.6) is 0 Å². The van der Waals surface area contributed by atoms with E-state index in [1.54, 1.807) is 29.3 Å². The molecule has 0 amide bonds. The van der Waals surface area contributed by atoms with Crippen molar-refractivity contribution in [2.75, 3.05) is 6.54 Å². The first-order chi connectivity index (χ1) is 6.20. The van der Waals surface area contributed by atoms with Gasteiger partial charge < -0.3 is 10.0 Å². The maximum Gasteiger partial charge on any atom is 0.231 e. The van der Waals surface area contributed by atoms with E-state index in [1.165, 1.54) is 0 Å². The van der Waals surface area contributed by atoms with Gasteiger partial charge in [0.15, 0.2) is 0 Å². The molecule has 68 valence electrons. The van der Waals surface area contributed by atoms with Gasteiger partial charge in [0.1, 0.15) is 12.1 Å². The molecule has 13 heavy (non-hydrogen) atoms. The Bertz CT molecular complexity index is 319. The van der Waals surface area contributed by atoms with Crippen LogP contribution in [0.2, 0.25) is 0 Å². The second-order valence-electron chi connectivity index (χ2n) is 3.11. The number of aliphatic hydroxyl groups excluding tert-OH is 1. The molecule has 4 heteroatoms. The van der Waals surface area contributed by atoms with Crippen molar-refractivity contribution in [3.63, 3.8) is 0 Å². The summed E-state index contributed by atoms with van der Waals surface area (Å²) in [6.45, 7) is 0.204. The van der Waals surface area contributed by atoms with E-state index in [4.69, 9.17) is 0 Å². The zero-order chi connectivity index (χ0) is 9.42. The Morgan fingerprint density at radius 1 is 1.31 bits per heavy atom. The van der Waals surface area contributed by atoms with Gasteiger partial charge in [-0.05, 0) is 6.08 Å². The summed E-state index contributed by atoms with van der Waals surface area (Å²) in [5.41, 5.74) is 0. The lowest BCUT2D eigenvalue weighted by atomic mass is 9.96. The predicted molar refractivity (Wildman–Crippen MR) is 44.8 cm³/mol. The molecule has 1 saturated heterocycles. The average Bonchev–Trinajstić information content (AvgIpc) is 2.15. The molecule has 2 rings (SSSR count). The lowest BCUT2D eigenvalue weighted by Gasteiger charge is -2.34. The molecule has 0 aromatic carbocycles. The number of ketones is 2. The Labute approximate surface area is 75.1 Å². The van der Waals surface area contributed by atoms with Crippen molar-refractivity contribution in [1.82, 2.24) is 4.90 Å². The van der Waals surface area contributed by atoms with Crippen LogP contribution in [0.25, 0.3) is 0 Å². The van der Waals surface area contributed by atoms with Crippen LogP contribution in [-0.4, -0.2) is 40.3 Å². The third kappa shape index (κ3) is 1.19. The molecule has 2 atom stereocenters. The maximum atomic E-state index is 11.3.